The van der Waals surface area contributed by atoms with E-state index in [0.29, 0.717) is 25.6 Å². The number of nitrogens with one attached hydrogen (secondary N) is 2. The van der Waals surface area contributed by atoms with E-state index in [1.807, 2.05) is 35.1 Å². The van der Waals surface area contributed by atoms with Crippen molar-refractivity contribution in [2.75, 3.05) is 7.05 Å². The van der Waals surface area contributed by atoms with Crippen molar-refractivity contribution in [3.63, 3.8) is 0 Å². The van der Waals surface area contributed by atoms with E-state index in [9.17, 15) is 10.1 Å². The summed E-state index contributed by atoms with van der Waals surface area (Å²) in [5, 5.41) is 21.6. The summed E-state index contributed by atoms with van der Waals surface area (Å²) in [5.74, 6) is 0.625. The van der Waals surface area contributed by atoms with Crippen LogP contribution in [0.1, 0.15) is 16.7 Å². The molecule has 0 aliphatic rings. The quantitative estimate of drug-likeness (QED) is 0.285. The highest BCUT2D eigenvalue weighted by Crippen LogP contribution is 2.13. The summed E-state index contributed by atoms with van der Waals surface area (Å²) >= 11 is 0. The molecule has 1 heterocycles. The van der Waals surface area contributed by atoms with E-state index in [-0.39, 0.29) is 5.69 Å². The summed E-state index contributed by atoms with van der Waals surface area (Å²) in [5.41, 5.74) is 3.22. The van der Waals surface area contributed by atoms with Crippen molar-refractivity contribution in [1.82, 2.24) is 20.4 Å². The Morgan fingerprint density at radius 3 is 2.61 bits per heavy atom. The Kier molecular flexibility index (Phi) is 6.35. The molecule has 3 rings (SSSR count). The maximum atomic E-state index is 10.9. The third-order valence-electron chi connectivity index (χ3n) is 4.26. The molecule has 0 atom stereocenters. The molecular formula is C20H22N6O2. The molecule has 2 aromatic carbocycles. The molecule has 0 fully saturated rings. The SMILES string of the molecule is CN=C(NCc1cccc([N+](=O)[O-])c1)NCc1ccccc1Cn1cccn1. The van der Waals surface area contributed by atoms with Crippen molar-refractivity contribution in [2.45, 2.75) is 19.6 Å². The zero-order valence-corrected chi connectivity index (χ0v) is 15.6. The molecular weight excluding hydrogens is 356 g/mol. The van der Waals surface area contributed by atoms with Gasteiger partial charge in [0.25, 0.3) is 5.69 Å². The van der Waals surface area contributed by atoms with Crippen molar-refractivity contribution in [2.24, 2.45) is 4.99 Å². The number of guanidine groups is 1. The third kappa shape index (κ3) is 5.16. The average molecular weight is 378 g/mol. The lowest BCUT2D eigenvalue weighted by atomic mass is 10.1. The summed E-state index contributed by atoms with van der Waals surface area (Å²) in [6, 6.07) is 16.6. The van der Waals surface area contributed by atoms with Crippen LogP contribution in [0.2, 0.25) is 0 Å². The van der Waals surface area contributed by atoms with Crippen LogP contribution in [0, 0.1) is 10.1 Å². The third-order valence-corrected chi connectivity index (χ3v) is 4.26. The Morgan fingerprint density at radius 1 is 1.11 bits per heavy atom. The van der Waals surface area contributed by atoms with Gasteiger partial charge in [0.15, 0.2) is 5.96 Å². The van der Waals surface area contributed by atoms with Gasteiger partial charge in [-0.05, 0) is 22.8 Å². The summed E-state index contributed by atoms with van der Waals surface area (Å²) in [6.45, 7) is 1.74. The fraction of sp³-hybridized carbons (Fsp3) is 0.200. The molecule has 0 aliphatic carbocycles. The van der Waals surface area contributed by atoms with Gasteiger partial charge >= 0.3 is 0 Å². The van der Waals surface area contributed by atoms with E-state index in [0.717, 1.165) is 11.1 Å². The van der Waals surface area contributed by atoms with E-state index < -0.39 is 4.92 Å². The number of nitrogens with zero attached hydrogens (tertiary/aromatic N) is 4. The van der Waals surface area contributed by atoms with Crippen molar-refractivity contribution >= 4 is 11.6 Å². The monoisotopic (exact) mass is 378 g/mol. The second kappa shape index (κ2) is 9.31. The first kappa shape index (κ1) is 19.1. The normalized spacial score (nSPS) is 11.2. The van der Waals surface area contributed by atoms with Crippen LogP contribution in [-0.2, 0) is 19.6 Å². The topological polar surface area (TPSA) is 97.4 Å². The van der Waals surface area contributed by atoms with Gasteiger partial charge in [0.05, 0.1) is 11.5 Å². The number of hydrogen-bond donors (Lipinski definition) is 2. The van der Waals surface area contributed by atoms with Gasteiger partial charge in [-0.3, -0.25) is 19.8 Å². The standard InChI is InChI=1S/C20H22N6O2/c1-21-20(22-13-16-6-4-9-19(12-16)26(27)28)23-14-17-7-2-3-8-18(17)15-25-11-5-10-24-25/h2-12H,13-15H2,1H3,(H2,21,22,23). The zero-order valence-electron chi connectivity index (χ0n) is 15.6. The summed E-state index contributed by atoms with van der Waals surface area (Å²) in [6.07, 6.45) is 3.70. The van der Waals surface area contributed by atoms with Crippen LogP contribution in [0.3, 0.4) is 0 Å². The smallest absolute Gasteiger partial charge is 0.269 e. The minimum absolute atomic E-state index is 0.0785. The lowest BCUT2D eigenvalue weighted by molar-refractivity contribution is -0.384. The van der Waals surface area contributed by atoms with Gasteiger partial charge in [0.1, 0.15) is 0 Å². The highest BCUT2D eigenvalue weighted by molar-refractivity contribution is 5.79. The minimum Gasteiger partial charge on any atom is -0.352 e. The molecule has 0 bridgehead atoms. The van der Waals surface area contributed by atoms with Crippen LogP contribution in [0.4, 0.5) is 5.69 Å². The number of hydrogen-bond acceptors (Lipinski definition) is 4. The van der Waals surface area contributed by atoms with E-state index in [1.165, 1.54) is 11.6 Å². The van der Waals surface area contributed by atoms with Crippen LogP contribution < -0.4 is 10.6 Å². The highest BCUT2D eigenvalue weighted by Gasteiger charge is 2.07. The van der Waals surface area contributed by atoms with Gasteiger partial charge in [0, 0.05) is 44.7 Å². The molecule has 144 valence electrons. The first-order valence-corrected chi connectivity index (χ1v) is 8.88. The van der Waals surface area contributed by atoms with Gasteiger partial charge in [-0.2, -0.15) is 5.10 Å². The second-order valence-corrected chi connectivity index (χ2v) is 6.18. The Hall–Kier alpha value is -3.68. The maximum Gasteiger partial charge on any atom is 0.269 e. The molecule has 0 saturated heterocycles. The predicted octanol–water partition coefficient (Wildman–Crippen LogP) is 2.70. The molecule has 0 aliphatic heterocycles. The van der Waals surface area contributed by atoms with E-state index in [1.54, 1.807) is 25.4 Å². The molecule has 8 nitrogen and oxygen atoms in total. The molecule has 8 heteroatoms. The summed E-state index contributed by atoms with van der Waals surface area (Å²) in [7, 11) is 1.69. The molecule has 0 amide bonds. The number of aliphatic imine (C=N–C) groups is 1. The lowest BCUT2D eigenvalue weighted by Crippen LogP contribution is -2.36. The Bertz CT molecular complexity index is 953. The molecule has 0 radical (unpaired) electrons. The van der Waals surface area contributed by atoms with Crippen LogP contribution in [0.15, 0.2) is 72.0 Å². The van der Waals surface area contributed by atoms with Crippen LogP contribution >= 0.6 is 0 Å². The Morgan fingerprint density at radius 2 is 1.89 bits per heavy atom. The molecule has 1 aromatic heterocycles. The Labute approximate surface area is 163 Å². The van der Waals surface area contributed by atoms with Crippen molar-refractivity contribution in [1.29, 1.82) is 0 Å². The van der Waals surface area contributed by atoms with Gasteiger partial charge < -0.3 is 10.6 Å². The fourth-order valence-electron chi connectivity index (χ4n) is 2.82. The first-order chi connectivity index (χ1) is 13.7. The number of rotatable bonds is 7. The van der Waals surface area contributed by atoms with E-state index in [4.69, 9.17) is 0 Å². The van der Waals surface area contributed by atoms with Gasteiger partial charge in [0.2, 0.25) is 0 Å². The number of nitro groups is 1. The summed E-state index contributed by atoms with van der Waals surface area (Å²) in [4.78, 5) is 14.7. The largest absolute Gasteiger partial charge is 0.352 e. The number of non-ortho nitro benzene ring substituents is 1. The molecule has 0 spiro atoms. The summed E-state index contributed by atoms with van der Waals surface area (Å²) < 4.78 is 1.88. The maximum absolute atomic E-state index is 10.9. The molecule has 0 saturated carbocycles. The number of nitro benzene ring substituents is 1. The fourth-order valence-corrected chi connectivity index (χ4v) is 2.82. The number of benzene rings is 2. The van der Waals surface area contributed by atoms with Crippen molar-refractivity contribution in [3.05, 3.63) is 93.8 Å². The lowest BCUT2D eigenvalue weighted by Gasteiger charge is -2.14. The first-order valence-electron chi connectivity index (χ1n) is 8.88. The van der Waals surface area contributed by atoms with E-state index in [2.05, 4.69) is 32.9 Å². The van der Waals surface area contributed by atoms with Crippen LogP contribution in [-0.4, -0.2) is 27.7 Å². The predicted molar refractivity (Wildman–Crippen MR) is 108 cm³/mol. The van der Waals surface area contributed by atoms with Gasteiger partial charge in [-0.25, -0.2) is 0 Å². The van der Waals surface area contributed by atoms with Crippen LogP contribution in [0.5, 0.6) is 0 Å². The average Bonchev–Trinajstić information content (AvgIpc) is 3.22. The van der Waals surface area contributed by atoms with Gasteiger partial charge in [-0.15, -0.1) is 0 Å². The second-order valence-electron chi connectivity index (χ2n) is 6.18. The highest BCUT2D eigenvalue weighted by atomic mass is 16.6. The van der Waals surface area contributed by atoms with Crippen molar-refractivity contribution < 1.29 is 4.92 Å². The molecule has 0 unspecified atom stereocenters. The van der Waals surface area contributed by atoms with Crippen LogP contribution in [0.25, 0.3) is 0 Å². The van der Waals surface area contributed by atoms with Gasteiger partial charge in [-0.1, -0.05) is 36.4 Å². The Balaban J connectivity index is 1.59. The number of aromatic nitrogens is 2. The molecule has 3 aromatic rings. The minimum atomic E-state index is -0.396. The molecule has 2 N–H and O–H groups in total. The van der Waals surface area contributed by atoms with E-state index >= 15 is 0 Å². The zero-order chi connectivity index (χ0) is 19.8. The molecule has 28 heavy (non-hydrogen) atoms. The van der Waals surface area contributed by atoms with Crippen molar-refractivity contribution in [3.8, 4) is 0 Å².